The van der Waals surface area contributed by atoms with E-state index >= 15 is 0 Å². The molecule has 0 aromatic carbocycles. The van der Waals surface area contributed by atoms with Crippen LogP contribution in [0.1, 0.15) is 42.0 Å². The molecule has 21 heavy (non-hydrogen) atoms. The van der Waals surface area contributed by atoms with Crippen LogP contribution in [0.2, 0.25) is 0 Å². The Hall–Kier alpha value is -2.15. The number of carbonyl (C=O) groups excluding carboxylic acids is 1. The summed E-state index contributed by atoms with van der Waals surface area (Å²) in [6.07, 6.45) is 8.03. The van der Waals surface area contributed by atoms with Crippen molar-refractivity contribution in [3.63, 3.8) is 0 Å². The third-order valence-corrected chi connectivity index (χ3v) is 3.83. The van der Waals surface area contributed by atoms with Gasteiger partial charge in [0.1, 0.15) is 6.29 Å². The van der Waals surface area contributed by atoms with Crippen LogP contribution in [0.4, 0.5) is 0 Å². The Balaban J connectivity index is 2.56. The Bertz CT molecular complexity index is 675. The highest BCUT2D eigenvalue weighted by Gasteiger charge is 2.14. The van der Waals surface area contributed by atoms with Crippen molar-refractivity contribution in [1.29, 1.82) is 0 Å². The summed E-state index contributed by atoms with van der Waals surface area (Å²) in [5.74, 6) is 0.517. The van der Waals surface area contributed by atoms with Crippen LogP contribution < -0.4 is 0 Å². The van der Waals surface area contributed by atoms with Crippen LogP contribution in [0, 0.1) is 13.8 Å². The van der Waals surface area contributed by atoms with E-state index in [4.69, 9.17) is 0 Å². The minimum Gasteiger partial charge on any atom is -0.299 e. The molecule has 0 saturated carbocycles. The average molecular weight is 278 g/mol. The lowest BCUT2D eigenvalue weighted by molar-refractivity contribution is -0.104. The monoisotopic (exact) mass is 278 g/mol. The quantitative estimate of drug-likeness (QED) is 0.421. The predicted octanol–water partition coefficient (Wildman–Crippen LogP) is 5.30. The van der Waals surface area contributed by atoms with Crippen molar-refractivity contribution in [1.82, 2.24) is 0 Å². The SMILES string of the molecule is Cc1cc(C=CC=CC=O)c2c(C)ccc(C(C)C)cc1-2. The summed E-state index contributed by atoms with van der Waals surface area (Å²) in [6, 6.07) is 8.95. The first-order valence-electron chi connectivity index (χ1n) is 7.37. The standard InChI is InChI=1S/C20H22O/c1-14(2)17-10-9-15(3)20-18(8-6-5-7-11-21)12-16(4)19(20)13-17/h5-14H,1-4H3. The molecule has 1 nitrogen and oxygen atoms in total. The molecule has 2 aliphatic carbocycles. The number of aryl methyl sites for hydroxylation is 2. The van der Waals surface area contributed by atoms with E-state index in [2.05, 4.69) is 58.0 Å². The summed E-state index contributed by atoms with van der Waals surface area (Å²) in [5, 5.41) is 0. The van der Waals surface area contributed by atoms with Gasteiger partial charge >= 0.3 is 0 Å². The maximum atomic E-state index is 10.3. The minimum atomic E-state index is 0.517. The van der Waals surface area contributed by atoms with Gasteiger partial charge in [0.15, 0.2) is 0 Å². The molecule has 0 amide bonds. The van der Waals surface area contributed by atoms with Crippen molar-refractivity contribution in [3.05, 3.63) is 64.7 Å². The van der Waals surface area contributed by atoms with Gasteiger partial charge in [-0.3, -0.25) is 4.79 Å². The van der Waals surface area contributed by atoms with Crippen molar-refractivity contribution in [2.75, 3.05) is 0 Å². The number of rotatable bonds is 4. The smallest absolute Gasteiger partial charge is 0.142 e. The summed E-state index contributed by atoms with van der Waals surface area (Å²) >= 11 is 0. The fraction of sp³-hybridized carbons (Fsp3) is 0.250. The summed E-state index contributed by atoms with van der Waals surface area (Å²) in [7, 11) is 0. The van der Waals surface area contributed by atoms with Gasteiger partial charge in [0.25, 0.3) is 0 Å². The third-order valence-electron chi connectivity index (χ3n) is 3.83. The lowest BCUT2D eigenvalue weighted by atomic mass is 10.0. The van der Waals surface area contributed by atoms with E-state index in [1.807, 2.05) is 6.08 Å². The minimum absolute atomic E-state index is 0.517. The molecular weight excluding hydrogens is 256 g/mol. The van der Waals surface area contributed by atoms with E-state index in [9.17, 15) is 4.79 Å². The number of fused-ring (bicyclic) bond motifs is 1. The zero-order valence-electron chi connectivity index (χ0n) is 13.2. The average Bonchev–Trinajstić information content (AvgIpc) is 2.63. The highest BCUT2D eigenvalue weighted by molar-refractivity contribution is 5.84. The van der Waals surface area contributed by atoms with Crippen molar-refractivity contribution >= 4 is 12.4 Å². The third kappa shape index (κ3) is 3.30. The fourth-order valence-corrected chi connectivity index (χ4v) is 2.64. The van der Waals surface area contributed by atoms with Gasteiger partial charge in [-0.25, -0.2) is 0 Å². The Morgan fingerprint density at radius 1 is 0.952 bits per heavy atom. The molecule has 0 bridgehead atoms. The maximum Gasteiger partial charge on any atom is 0.142 e. The molecule has 0 aromatic heterocycles. The largest absolute Gasteiger partial charge is 0.299 e. The van der Waals surface area contributed by atoms with Crippen LogP contribution >= 0.6 is 0 Å². The highest BCUT2D eigenvalue weighted by atomic mass is 16.1. The molecule has 1 heteroatoms. The molecule has 0 aliphatic heterocycles. The number of hydrogen-bond acceptors (Lipinski definition) is 1. The van der Waals surface area contributed by atoms with Gasteiger partial charge in [-0.2, -0.15) is 0 Å². The second kappa shape index (κ2) is 6.53. The van der Waals surface area contributed by atoms with Crippen molar-refractivity contribution in [2.24, 2.45) is 0 Å². The maximum absolute atomic E-state index is 10.3. The first-order valence-corrected chi connectivity index (χ1v) is 7.37. The molecule has 0 N–H and O–H groups in total. The van der Waals surface area contributed by atoms with Crippen LogP contribution in [0.15, 0.2) is 42.5 Å². The zero-order valence-corrected chi connectivity index (χ0v) is 13.2. The van der Waals surface area contributed by atoms with Crippen LogP contribution in [0.3, 0.4) is 0 Å². The van der Waals surface area contributed by atoms with Gasteiger partial charge < -0.3 is 0 Å². The van der Waals surface area contributed by atoms with Crippen molar-refractivity contribution < 1.29 is 4.79 Å². The summed E-state index contributed by atoms with van der Waals surface area (Å²) in [6.45, 7) is 8.76. The topological polar surface area (TPSA) is 17.1 Å². The molecule has 0 atom stereocenters. The molecule has 0 aromatic rings. The first kappa shape index (κ1) is 15.2. The molecule has 0 unspecified atom stereocenters. The molecule has 108 valence electrons. The van der Waals surface area contributed by atoms with E-state index in [-0.39, 0.29) is 0 Å². The van der Waals surface area contributed by atoms with Crippen LogP contribution in [0.25, 0.3) is 17.2 Å². The number of allylic oxidation sites excluding steroid dienone is 3. The fourth-order valence-electron chi connectivity index (χ4n) is 2.64. The van der Waals surface area contributed by atoms with Crippen LogP contribution in [-0.4, -0.2) is 6.29 Å². The van der Waals surface area contributed by atoms with Crippen molar-refractivity contribution in [3.8, 4) is 11.1 Å². The Labute approximate surface area is 127 Å². The summed E-state index contributed by atoms with van der Waals surface area (Å²) < 4.78 is 0. The van der Waals surface area contributed by atoms with Gasteiger partial charge in [0.2, 0.25) is 0 Å². The number of aldehydes is 1. The molecular formula is C20H22O. The first-order chi connectivity index (χ1) is 10.0. The van der Waals surface area contributed by atoms with E-state index in [0.717, 1.165) is 6.29 Å². The number of carbonyl (C=O) groups is 1. The van der Waals surface area contributed by atoms with E-state index in [1.165, 1.54) is 39.5 Å². The second-order valence-electron chi connectivity index (χ2n) is 5.77. The summed E-state index contributed by atoms with van der Waals surface area (Å²) in [4.78, 5) is 10.3. The zero-order chi connectivity index (χ0) is 15.4. The van der Waals surface area contributed by atoms with E-state index in [1.54, 1.807) is 6.08 Å². The van der Waals surface area contributed by atoms with Gasteiger partial charge in [-0.15, -0.1) is 0 Å². The molecule has 0 saturated heterocycles. The molecule has 0 spiro atoms. The molecule has 0 heterocycles. The molecule has 0 radical (unpaired) electrons. The van der Waals surface area contributed by atoms with Crippen LogP contribution in [-0.2, 0) is 4.79 Å². The summed E-state index contributed by atoms with van der Waals surface area (Å²) in [5.41, 5.74) is 7.77. The van der Waals surface area contributed by atoms with Crippen molar-refractivity contribution in [2.45, 2.75) is 33.6 Å². The van der Waals surface area contributed by atoms with Gasteiger partial charge in [0, 0.05) is 0 Å². The Kier molecular flexibility index (Phi) is 4.74. The highest BCUT2D eigenvalue weighted by Crippen LogP contribution is 2.36. The Morgan fingerprint density at radius 2 is 1.71 bits per heavy atom. The predicted molar refractivity (Wildman–Crippen MR) is 90.9 cm³/mol. The van der Waals surface area contributed by atoms with E-state index in [0.29, 0.717) is 5.92 Å². The normalized spacial score (nSPS) is 12.0. The molecule has 2 aliphatic rings. The lowest BCUT2D eigenvalue weighted by Crippen LogP contribution is -1.84. The lowest BCUT2D eigenvalue weighted by Gasteiger charge is -2.04. The van der Waals surface area contributed by atoms with Gasteiger partial charge in [0.05, 0.1) is 0 Å². The van der Waals surface area contributed by atoms with Gasteiger partial charge in [-0.05, 0) is 59.2 Å². The molecule has 2 rings (SSSR count). The second-order valence-corrected chi connectivity index (χ2v) is 5.77. The van der Waals surface area contributed by atoms with Crippen LogP contribution in [0.5, 0.6) is 0 Å². The van der Waals surface area contributed by atoms with E-state index < -0.39 is 0 Å². The molecule has 0 fully saturated rings. The number of hydrogen-bond donors (Lipinski definition) is 0. The van der Waals surface area contributed by atoms with Gasteiger partial charge in [-0.1, -0.05) is 56.3 Å². The Morgan fingerprint density at radius 3 is 2.38 bits per heavy atom.